The molecule has 2 aromatic carbocycles. The lowest BCUT2D eigenvalue weighted by atomic mass is 10.2. The fourth-order valence-corrected chi connectivity index (χ4v) is 3.87. The third-order valence-electron chi connectivity index (χ3n) is 4.10. The molecule has 0 N–H and O–H groups in total. The lowest BCUT2D eigenvalue weighted by molar-refractivity contribution is -0.127. The van der Waals surface area contributed by atoms with Crippen LogP contribution in [-0.2, 0) is 16.1 Å². The van der Waals surface area contributed by atoms with Crippen molar-refractivity contribution in [3.05, 3.63) is 53.3 Å². The molecule has 1 aliphatic heterocycles. The Morgan fingerprint density at radius 1 is 1.23 bits per heavy atom. The average Bonchev–Trinajstić information content (AvgIpc) is 3.02. The van der Waals surface area contributed by atoms with Crippen LogP contribution in [0.2, 0.25) is 0 Å². The van der Waals surface area contributed by atoms with Crippen LogP contribution in [0.5, 0.6) is 11.5 Å². The maximum Gasteiger partial charge on any atom is 0.292 e. The van der Waals surface area contributed by atoms with Gasteiger partial charge in [-0.15, -0.1) is 0 Å². The van der Waals surface area contributed by atoms with Crippen LogP contribution >= 0.6 is 11.3 Å². The van der Waals surface area contributed by atoms with Crippen molar-refractivity contribution >= 4 is 27.5 Å². The summed E-state index contributed by atoms with van der Waals surface area (Å²) < 4.78 is 19.6. The Balaban J connectivity index is 1.66. The van der Waals surface area contributed by atoms with Gasteiger partial charge in [-0.3, -0.25) is 4.79 Å². The number of aromatic nitrogens is 1. The molecule has 7 heteroatoms. The van der Waals surface area contributed by atoms with Crippen LogP contribution in [0.4, 0.5) is 0 Å². The van der Waals surface area contributed by atoms with E-state index in [1.807, 2.05) is 47.0 Å². The number of ether oxygens (including phenoxy) is 3. The van der Waals surface area contributed by atoms with Gasteiger partial charge >= 0.3 is 0 Å². The zero-order valence-corrected chi connectivity index (χ0v) is 15.1. The number of benzene rings is 2. The Morgan fingerprint density at radius 2 is 2.00 bits per heavy atom. The molecule has 6 nitrogen and oxygen atoms in total. The second-order valence-corrected chi connectivity index (χ2v) is 6.82. The molecule has 0 bridgehead atoms. The molecule has 0 saturated heterocycles. The zero-order chi connectivity index (χ0) is 17.9. The molecule has 0 saturated carbocycles. The molecule has 0 aliphatic carbocycles. The number of amides is 1. The summed E-state index contributed by atoms with van der Waals surface area (Å²) in [6, 6.07) is 15.3. The van der Waals surface area contributed by atoms with E-state index in [1.165, 1.54) is 11.3 Å². The fourth-order valence-electron chi connectivity index (χ4n) is 2.81. The van der Waals surface area contributed by atoms with E-state index in [9.17, 15) is 4.79 Å². The number of thiazole rings is 1. The number of rotatable bonds is 4. The molecule has 1 atom stereocenters. The van der Waals surface area contributed by atoms with Gasteiger partial charge < -0.3 is 18.8 Å². The SMILES string of the molecule is COCCn1c(=NC(=O)C2COc3ccccc3O2)sc2ccccc21. The zero-order valence-electron chi connectivity index (χ0n) is 14.3. The van der Waals surface area contributed by atoms with Gasteiger partial charge in [-0.05, 0) is 24.3 Å². The van der Waals surface area contributed by atoms with Crippen LogP contribution < -0.4 is 14.3 Å². The van der Waals surface area contributed by atoms with Crippen molar-refractivity contribution in [1.82, 2.24) is 4.57 Å². The van der Waals surface area contributed by atoms with E-state index in [1.54, 1.807) is 13.2 Å². The van der Waals surface area contributed by atoms with Gasteiger partial charge in [0.1, 0.15) is 6.61 Å². The molecule has 1 unspecified atom stereocenters. The summed E-state index contributed by atoms with van der Waals surface area (Å²) >= 11 is 1.48. The highest BCUT2D eigenvalue weighted by Gasteiger charge is 2.27. The highest BCUT2D eigenvalue weighted by atomic mass is 32.1. The van der Waals surface area contributed by atoms with Crippen molar-refractivity contribution in [2.75, 3.05) is 20.3 Å². The van der Waals surface area contributed by atoms with Gasteiger partial charge in [0.25, 0.3) is 5.91 Å². The lowest BCUT2D eigenvalue weighted by Crippen LogP contribution is -2.37. The van der Waals surface area contributed by atoms with E-state index in [0.29, 0.717) is 29.5 Å². The quantitative estimate of drug-likeness (QED) is 0.708. The number of para-hydroxylation sites is 3. The van der Waals surface area contributed by atoms with Gasteiger partial charge in [-0.1, -0.05) is 35.6 Å². The number of hydrogen-bond donors (Lipinski definition) is 0. The lowest BCUT2D eigenvalue weighted by Gasteiger charge is -2.23. The van der Waals surface area contributed by atoms with Crippen LogP contribution in [0.15, 0.2) is 53.5 Å². The van der Waals surface area contributed by atoms with Crippen molar-refractivity contribution in [1.29, 1.82) is 0 Å². The summed E-state index contributed by atoms with van der Waals surface area (Å²) in [4.78, 5) is 17.6. The predicted octanol–water partition coefficient (Wildman–Crippen LogP) is 2.62. The molecule has 0 radical (unpaired) electrons. The van der Waals surface area contributed by atoms with Gasteiger partial charge in [-0.2, -0.15) is 4.99 Å². The van der Waals surface area contributed by atoms with Gasteiger partial charge in [0, 0.05) is 13.7 Å². The molecule has 1 aromatic heterocycles. The summed E-state index contributed by atoms with van der Waals surface area (Å²) in [5.41, 5.74) is 1.03. The predicted molar refractivity (Wildman–Crippen MR) is 98.6 cm³/mol. The van der Waals surface area contributed by atoms with Gasteiger partial charge in [0.05, 0.1) is 16.8 Å². The summed E-state index contributed by atoms with van der Waals surface area (Å²) in [6.45, 7) is 1.32. The summed E-state index contributed by atoms with van der Waals surface area (Å²) in [5, 5.41) is 0. The molecule has 2 heterocycles. The van der Waals surface area contributed by atoms with Crippen molar-refractivity contribution in [3.63, 3.8) is 0 Å². The Morgan fingerprint density at radius 3 is 2.85 bits per heavy atom. The van der Waals surface area contributed by atoms with E-state index < -0.39 is 6.10 Å². The number of nitrogens with zero attached hydrogens (tertiary/aromatic N) is 2. The largest absolute Gasteiger partial charge is 0.485 e. The third kappa shape index (κ3) is 3.23. The van der Waals surface area contributed by atoms with Crippen molar-refractivity contribution < 1.29 is 19.0 Å². The van der Waals surface area contributed by atoms with Crippen molar-refractivity contribution in [2.24, 2.45) is 4.99 Å². The molecular weight excluding hydrogens is 352 g/mol. The number of carbonyl (C=O) groups is 1. The average molecular weight is 370 g/mol. The van der Waals surface area contributed by atoms with E-state index in [2.05, 4.69) is 4.99 Å². The maximum atomic E-state index is 12.7. The van der Waals surface area contributed by atoms with Crippen LogP contribution in [0.1, 0.15) is 0 Å². The summed E-state index contributed by atoms with van der Waals surface area (Å²) in [6.07, 6.45) is -0.744. The highest BCUT2D eigenvalue weighted by Crippen LogP contribution is 2.31. The normalized spacial score (nSPS) is 16.8. The molecular formula is C19H18N2O4S. The second-order valence-electron chi connectivity index (χ2n) is 5.81. The molecule has 134 valence electrons. The van der Waals surface area contributed by atoms with E-state index >= 15 is 0 Å². The van der Waals surface area contributed by atoms with Gasteiger partial charge in [0.2, 0.25) is 6.10 Å². The van der Waals surface area contributed by atoms with Gasteiger partial charge in [0.15, 0.2) is 16.3 Å². The summed E-state index contributed by atoms with van der Waals surface area (Å²) in [7, 11) is 1.65. The molecule has 0 fully saturated rings. The maximum absolute atomic E-state index is 12.7. The molecule has 26 heavy (non-hydrogen) atoms. The Bertz CT molecular complexity index is 1010. The molecule has 0 spiro atoms. The minimum atomic E-state index is -0.744. The highest BCUT2D eigenvalue weighted by molar-refractivity contribution is 7.16. The van der Waals surface area contributed by atoms with Crippen LogP contribution in [0.3, 0.4) is 0 Å². The molecule has 3 aromatic rings. The first-order valence-electron chi connectivity index (χ1n) is 8.30. The Kier molecular flexibility index (Phi) is 4.73. The van der Waals surface area contributed by atoms with Crippen LogP contribution in [-0.4, -0.2) is 36.9 Å². The van der Waals surface area contributed by atoms with Crippen molar-refractivity contribution in [3.8, 4) is 11.5 Å². The topological polar surface area (TPSA) is 62.1 Å². The smallest absolute Gasteiger partial charge is 0.292 e. The Labute approximate surface area is 154 Å². The monoisotopic (exact) mass is 370 g/mol. The standard InChI is InChI=1S/C19H18N2O4S/c1-23-11-10-21-13-6-2-5-9-17(13)26-19(21)20-18(22)16-12-24-14-7-3-4-8-15(14)25-16/h2-9,16H,10-12H2,1H3. The minimum absolute atomic E-state index is 0.155. The van der Waals surface area contributed by atoms with E-state index in [-0.39, 0.29) is 12.5 Å². The first-order chi connectivity index (χ1) is 12.8. The summed E-state index contributed by atoms with van der Waals surface area (Å²) in [5.74, 6) is 0.863. The third-order valence-corrected chi connectivity index (χ3v) is 5.16. The first-order valence-corrected chi connectivity index (χ1v) is 9.12. The fraction of sp³-hybridized carbons (Fsp3) is 0.263. The van der Waals surface area contributed by atoms with Crippen molar-refractivity contribution in [2.45, 2.75) is 12.6 Å². The number of carbonyl (C=O) groups excluding carboxylic acids is 1. The molecule has 4 rings (SSSR count). The first kappa shape index (κ1) is 16.8. The number of hydrogen-bond acceptors (Lipinski definition) is 5. The number of fused-ring (bicyclic) bond motifs is 2. The second kappa shape index (κ2) is 7.31. The number of methoxy groups -OCH3 is 1. The van der Waals surface area contributed by atoms with Crippen LogP contribution in [0.25, 0.3) is 10.2 Å². The molecule has 1 amide bonds. The van der Waals surface area contributed by atoms with E-state index in [4.69, 9.17) is 14.2 Å². The molecule has 1 aliphatic rings. The minimum Gasteiger partial charge on any atom is -0.485 e. The van der Waals surface area contributed by atoms with Gasteiger partial charge in [-0.25, -0.2) is 0 Å². The van der Waals surface area contributed by atoms with Crippen LogP contribution in [0, 0.1) is 0 Å². The van der Waals surface area contributed by atoms with E-state index in [0.717, 1.165) is 10.2 Å². The Hall–Kier alpha value is -2.64.